The SMILES string of the molecule is CC[C@@H](C)NC(=O)[C@H](CC)N(Cc1ccc(F)cc1)C(=O)CN(c1ccc(F)cc1)S(=O)(=O)c1ccc(C)cc1. The zero-order valence-electron chi connectivity index (χ0n) is 23.1. The van der Waals surface area contributed by atoms with Gasteiger partial charge in [-0.15, -0.1) is 0 Å². The third-order valence-corrected chi connectivity index (χ3v) is 8.44. The molecule has 3 aromatic rings. The number of nitrogens with one attached hydrogen (secondary N) is 1. The number of sulfonamides is 1. The van der Waals surface area contributed by atoms with Gasteiger partial charge in [-0.05, 0) is 80.8 Å². The van der Waals surface area contributed by atoms with Crippen molar-refractivity contribution in [3.8, 4) is 0 Å². The molecular formula is C30H35F2N3O4S. The maximum Gasteiger partial charge on any atom is 0.264 e. The maximum atomic E-state index is 13.9. The van der Waals surface area contributed by atoms with Gasteiger partial charge in [0.25, 0.3) is 10.0 Å². The molecule has 3 rings (SSSR count). The summed E-state index contributed by atoms with van der Waals surface area (Å²) in [7, 11) is -4.25. The van der Waals surface area contributed by atoms with Crippen LogP contribution in [-0.4, -0.2) is 43.8 Å². The van der Waals surface area contributed by atoms with E-state index in [1.807, 2.05) is 20.8 Å². The summed E-state index contributed by atoms with van der Waals surface area (Å²) < 4.78 is 55.8. The number of hydrogen-bond acceptors (Lipinski definition) is 4. The summed E-state index contributed by atoms with van der Waals surface area (Å²) in [4.78, 5) is 28.5. The number of aryl methyl sites for hydroxylation is 1. The molecule has 0 aliphatic heterocycles. The highest BCUT2D eigenvalue weighted by Gasteiger charge is 2.34. The first-order valence-corrected chi connectivity index (χ1v) is 14.6. The van der Waals surface area contributed by atoms with Crippen molar-refractivity contribution < 1.29 is 26.8 Å². The van der Waals surface area contributed by atoms with Gasteiger partial charge >= 0.3 is 0 Å². The molecule has 3 aromatic carbocycles. The number of rotatable bonds is 12. The molecule has 0 fully saturated rings. The Morgan fingerprint density at radius 2 is 1.40 bits per heavy atom. The number of carbonyl (C=O) groups is 2. The Morgan fingerprint density at radius 1 is 0.850 bits per heavy atom. The number of hydrogen-bond donors (Lipinski definition) is 1. The molecule has 40 heavy (non-hydrogen) atoms. The summed E-state index contributed by atoms with van der Waals surface area (Å²) in [5.74, 6) is -2.03. The Morgan fingerprint density at radius 3 is 1.93 bits per heavy atom. The van der Waals surface area contributed by atoms with E-state index in [4.69, 9.17) is 0 Å². The van der Waals surface area contributed by atoms with Crippen LogP contribution in [0.15, 0.2) is 77.7 Å². The number of carbonyl (C=O) groups excluding carboxylic acids is 2. The lowest BCUT2D eigenvalue weighted by atomic mass is 10.1. The van der Waals surface area contributed by atoms with Crippen LogP contribution in [0.4, 0.5) is 14.5 Å². The number of benzene rings is 3. The van der Waals surface area contributed by atoms with Gasteiger partial charge in [0.2, 0.25) is 11.8 Å². The van der Waals surface area contributed by atoms with E-state index in [0.29, 0.717) is 12.0 Å². The maximum absolute atomic E-state index is 13.9. The van der Waals surface area contributed by atoms with Gasteiger partial charge < -0.3 is 10.2 Å². The van der Waals surface area contributed by atoms with E-state index in [-0.39, 0.29) is 35.5 Å². The Balaban J connectivity index is 2.04. The van der Waals surface area contributed by atoms with Crippen molar-refractivity contribution >= 4 is 27.5 Å². The lowest BCUT2D eigenvalue weighted by Gasteiger charge is -2.33. The van der Waals surface area contributed by atoms with E-state index in [1.54, 1.807) is 19.1 Å². The Labute approximate surface area is 234 Å². The van der Waals surface area contributed by atoms with Crippen LogP contribution in [-0.2, 0) is 26.2 Å². The van der Waals surface area contributed by atoms with Crippen LogP contribution in [0.1, 0.15) is 44.7 Å². The van der Waals surface area contributed by atoms with Crippen molar-refractivity contribution in [3.63, 3.8) is 0 Å². The molecule has 214 valence electrons. The minimum atomic E-state index is -4.25. The van der Waals surface area contributed by atoms with Gasteiger partial charge in [0.1, 0.15) is 24.2 Å². The quantitative estimate of drug-likeness (QED) is 0.324. The molecule has 0 aliphatic carbocycles. The van der Waals surface area contributed by atoms with Crippen molar-refractivity contribution in [3.05, 3.63) is 95.6 Å². The summed E-state index contributed by atoms with van der Waals surface area (Å²) in [5.41, 5.74) is 1.51. The fraction of sp³-hybridized carbons (Fsp3) is 0.333. The van der Waals surface area contributed by atoms with Gasteiger partial charge in [-0.1, -0.05) is 43.7 Å². The zero-order valence-corrected chi connectivity index (χ0v) is 23.9. The highest BCUT2D eigenvalue weighted by molar-refractivity contribution is 7.92. The van der Waals surface area contributed by atoms with E-state index < -0.39 is 40.2 Å². The molecule has 0 spiro atoms. The number of amides is 2. The van der Waals surface area contributed by atoms with Gasteiger partial charge in [-0.25, -0.2) is 17.2 Å². The van der Waals surface area contributed by atoms with Crippen LogP contribution in [0.2, 0.25) is 0 Å². The van der Waals surface area contributed by atoms with E-state index in [9.17, 15) is 26.8 Å². The Hall–Kier alpha value is -3.79. The Kier molecular flexibility index (Phi) is 10.4. The predicted molar refractivity (Wildman–Crippen MR) is 151 cm³/mol. The van der Waals surface area contributed by atoms with E-state index in [1.165, 1.54) is 53.4 Å². The molecule has 2 atom stereocenters. The van der Waals surface area contributed by atoms with Crippen LogP contribution in [0.25, 0.3) is 0 Å². The average Bonchev–Trinajstić information content (AvgIpc) is 2.93. The molecule has 10 heteroatoms. The highest BCUT2D eigenvalue weighted by Crippen LogP contribution is 2.25. The highest BCUT2D eigenvalue weighted by atomic mass is 32.2. The lowest BCUT2D eigenvalue weighted by molar-refractivity contribution is -0.140. The minimum Gasteiger partial charge on any atom is -0.352 e. The van der Waals surface area contributed by atoms with Crippen molar-refractivity contribution in [2.24, 2.45) is 0 Å². The molecule has 0 aromatic heterocycles. The molecule has 0 saturated carbocycles. The first-order valence-electron chi connectivity index (χ1n) is 13.2. The second-order valence-corrected chi connectivity index (χ2v) is 11.6. The first-order chi connectivity index (χ1) is 19.0. The van der Waals surface area contributed by atoms with Crippen molar-refractivity contribution in [1.82, 2.24) is 10.2 Å². The molecule has 2 amide bonds. The molecule has 0 aliphatic rings. The largest absolute Gasteiger partial charge is 0.352 e. The smallest absolute Gasteiger partial charge is 0.264 e. The second kappa shape index (κ2) is 13.5. The molecule has 0 saturated heterocycles. The summed E-state index contributed by atoms with van der Waals surface area (Å²) >= 11 is 0. The standard InChI is InChI=1S/C30H35F2N3O4S/c1-5-22(4)33-30(37)28(6-2)34(19-23-9-11-24(31)12-10-23)29(36)20-35(26-15-13-25(32)14-16-26)40(38,39)27-17-7-21(3)8-18-27/h7-18,22,28H,5-6,19-20H2,1-4H3,(H,33,37)/t22-,28+/m1/s1. The molecular weight excluding hydrogens is 536 g/mol. The van der Waals surface area contributed by atoms with Gasteiger partial charge in [0, 0.05) is 12.6 Å². The fourth-order valence-electron chi connectivity index (χ4n) is 4.12. The van der Waals surface area contributed by atoms with Crippen molar-refractivity contribution in [1.29, 1.82) is 0 Å². The summed E-state index contributed by atoms with van der Waals surface area (Å²) in [6, 6.07) is 15.4. The number of nitrogens with zero attached hydrogens (tertiary/aromatic N) is 2. The summed E-state index contributed by atoms with van der Waals surface area (Å²) in [5, 5.41) is 2.90. The topological polar surface area (TPSA) is 86.8 Å². The molecule has 0 unspecified atom stereocenters. The van der Waals surface area contributed by atoms with Crippen LogP contribution >= 0.6 is 0 Å². The van der Waals surface area contributed by atoms with E-state index >= 15 is 0 Å². The zero-order chi connectivity index (χ0) is 29.4. The molecule has 0 bridgehead atoms. The predicted octanol–water partition coefficient (Wildman–Crippen LogP) is 5.19. The lowest BCUT2D eigenvalue weighted by Crippen LogP contribution is -2.53. The van der Waals surface area contributed by atoms with Crippen LogP contribution < -0.4 is 9.62 Å². The Bertz CT molecular complexity index is 1400. The van der Waals surface area contributed by atoms with E-state index in [0.717, 1.165) is 22.0 Å². The van der Waals surface area contributed by atoms with Gasteiger partial charge in [0.05, 0.1) is 10.6 Å². The van der Waals surface area contributed by atoms with Crippen molar-refractivity contribution in [2.45, 2.75) is 64.1 Å². The van der Waals surface area contributed by atoms with E-state index in [2.05, 4.69) is 5.32 Å². The number of halogens is 2. The monoisotopic (exact) mass is 571 g/mol. The molecule has 0 radical (unpaired) electrons. The average molecular weight is 572 g/mol. The van der Waals surface area contributed by atoms with Gasteiger partial charge in [-0.3, -0.25) is 13.9 Å². The van der Waals surface area contributed by atoms with Crippen LogP contribution in [0.3, 0.4) is 0 Å². The van der Waals surface area contributed by atoms with Crippen LogP contribution in [0, 0.1) is 18.6 Å². The normalized spacial score (nSPS) is 12.8. The molecule has 1 N–H and O–H groups in total. The third-order valence-electron chi connectivity index (χ3n) is 6.66. The fourth-order valence-corrected chi connectivity index (χ4v) is 5.53. The first kappa shape index (κ1) is 30.7. The van der Waals surface area contributed by atoms with Crippen LogP contribution in [0.5, 0.6) is 0 Å². The summed E-state index contributed by atoms with van der Waals surface area (Å²) in [6.07, 6.45) is 0.942. The minimum absolute atomic E-state index is 0.0399. The third kappa shape index (κ3) is 7.65. The van der Waals surface area contributed by atoms with Crippen molar-refractivity contribution in [2.75, 3.05) is 10.8 Å². The molecule has 0 heterocycles. The number of anilines is 1. The second-order valence-electron chi connectivity index (χ2n) is 9.69. The summed E-state index contributed by atoms with van der Waals surface area (Å²) in [6.45, 7) is 6.65. The molecule has 7 nitrogen and oxygen atoms in total. The van der Waals surface area contributed by atoms with Gasteiger partial charge in [-0.2, -0.15) is 0 Å². The van der Waals surface area contributed by atoms with Gasteiger partial charge in [0.15, 0.2) is 0 Å².